The number of azo groups is 1. The number of amides is 2. The zero-order valence-electron chi connectivity index (χ0n) is 16.3. The smallest absolute Gasteiger partial charge is 0.308 e. The van der Waals surface area contributed by atoms with Gasteiger partial charge in [-0.2, -0.15) is 18.3 Å². The Balaban J connectivity index is 1.76. The van der Waals surface area contributed by atoms with Gasteiger partial charge in [0.25, 0.3) is 0 Å². The summed E-state index contributed by atoms with van der Waals surface area (Å²) in [5, 5.41) is 13.4. The van der Waals surface area contributed by atoms with Gasteiger partial charge in [0.2, 0.25) is 0 Å². The second-order valence-electron chi connectivity index (χ2n) is 6.71. The van der Waals surface area contributed by atoms with Crippen molar-refractivity contribution in [3.8, 4) is 0 Å². The van der Waals surface area contributed by atoms with Crippen LogP contribution < -0.4 is 10.6 Å². The van der Waals surface area contributed by atoms with E-state index in [4.69, 9.17) is 0 Å². The first-order valence-electron chi connectivity index (χ1n) is 9.05. The molecule has 0 spiro atoms. The van der Waals surface area contributed by atoms with Gasteiger partial charge in [0.1, 0.15) is 5.69 Å². The molecule has 3 aromatic carbocycles. The molecule has 3 aromatic rings. The highest BCUT2D eigenvalue weighted by Gasteiger charge is 2.30. The fourth-order valence-corrected chi connectivity index (χ4v) is 2.61. The zero-order chi connectivity index (χ0) is 21.7. The molecule has 0 radical (unpaired) electrons. The van der Waals surface area contributed by atoms with Crippen molar-refractivity contribution in [3.05, 3.63) is 83.4 Å². The normalized spacial score (nSPS) is 11.5. The predicted octanol–water partition coefficient (Wildman–Crippen LogP) is 7.38. The van der Waals surface area contributed by atoms with E-state index in [2.05, 4.69) is 20.9 Å². The predicted molar refractivity (Wildman–Crippen MR) is 111 cm³/mol. The van der Waals surface area contributed by atoms with Gasteiger partial charge in [-0.25, -0.2) is 4.79 Å². The maximum Gasteiger partial charge on any atom is 0.416 e. The van der Waals surface area contributed by atoms with Gasteiger partial charge in [-0.15, -0.1) is 5.11 Å². The summed E-state index contributed by atoms with van der Waals surface area (Å²) in [6.45, 7) is 3.84. The number of hydrogen-bond donors (Lipinski definition) is 2. The number of anilines is 2. The van der Waals surface area contributed by atoms with Crippen LogP contribution in [-0.4, -0.2) is 6.03 Å². The molecule has 2 amide bonds. The maximum atomic E-state index is 12.8. The van der Waals surface area contributed by atoms with E-state index in [9.17, 15) is 18.0 Å². The number of aryl methyl sites for hydroxylation is 2. The van der Waals surface area contributed by atoms with Crippen molar-refractivity contribution < 1.29 is 18.0 Å². The molecule has 5 nitrogen and oxygen atoms in total. The minimum atomic E-state index is -4.49. The number of carbonyl (C=O) groups is 1. The van der Waals surface area contributed by atoms with Crippen LogP contribution in [0.3, 0.4) is 0 Å². The molecule has 154 valence electrons. The maximum absolute atomic E-state index is 12.8. The van der Waals surface area contributed by atoms with Crippen molar-refractivity contribution in [1.29, 1.82) is 0 Å². The molecule has 0 saturated carbocycles. The van der Waals surface area contributed by atoms with Crippen LogP contribution in [0.4, 0.5) is 40.7 Å². The Labute approximate surface area is 171 Å². The Hall–Kier alpha value is -3.68. The molecule has 0 aromatic heterocycles. The van der Waals surface area contributed by atoms with Crippen LogP contribution in [0.2, 0.25) is 0 Å². The topological polar surface area (TPSA) is 65.8 Å². The van der Waals surface area contributed by atoms with Gasteiger partial charge in [0.15, 0.2) is 0 Å². The van der Waals surface area contributed by atoms with Crippen molar-refractivity contribution >= 4 is 28.8 Å². The molecule has 0 saturated heterocycles. The number of carbonyl (C=O) groups excluding carboxylic acids is 1. The van der Waals surface area contributed by atoms with Crippen molar-refractivity contribution in [3.63, 3.8) is 0 Å². The van der Waals surface area contributed by atoms with Gasteiger partial charge in [-0.1, -0.05) is 29.8 Å². The lowest BCUT2D eigenvalue weighted by Crippen LogP contribution is -2.20. The van der Waals surface area contributed by atoms with Crippen molar-refractivity contribution in [2.24, 2.45) is 10.2 Å². The summed E-state index contributed by atoms with van der Waals surface area (Å²) in [4.78, 5) is 12.3. The highest BCUT2D eigenvalue weighted by Crippen LogP contribution is 2.31. The number of hydrogen-bond acceptors (Lipinski definition) is 3. The lowest BCUT2D eigenvalue weighted by Gasteiger charge is -2.12. The van der Waals surface area contributed by atoms with E-state index in [-0.39, 0.29) is 5.69 Å². The lowest BCUT2D eigenvalue weighted by atomic mass is 10.2. The summed E-state index contributed by atoms with van der Waals surface area (Å²) in [7, 11) is 0. The first kappa shape index (κ1) is 21.0. The Bertz CT molecular complexity index is 1080. The van der Waals surface area contributed by atoms with Gasteiger partial charge in [-0.3, -0.25) is 0 Å². The third-order valence-corrected chi connectivity index (χ3v) is 4.16. The Morgan fingerprint density at radius 2 is 1.53 bits per heavy atom. The number of nitrogens with one attached hydrogen (secondary N) is 2. The van der Waals surface area contributed by atoms with Crippen molar-refractivity contribution in [1.82, 2.24) is 0 Å². The van der Waals surface area contributed by atoms with E-state index in [1.165, 1.54) is 12.1 Å². The van der Waals surface area contributed by atoms with E-state index in [1.807, 2.05) is 38.1 Å². The summed E-state index contributed by atoms with van der Waals surface area (Å²) in [6.07, 6.45) is -4.49. The van der Waals surface area contributed by atoms with Crippen LogP contribution in [0.5, 0.6) is 0 Å². The van der Waals surface area contributed by atoms with Gasteiger partial charge in [-0.05, 0) is 61.9 Å². The third-order valence-electron chi connectivity index (χ3n) is 4.16. The highest BCUT2D eigenvalue weighted by molar-refractivity contribution is 6.01. The molecule has 0 aliphatic rings. The van der Waals surface area contributed by atoms with Crippen LogP contribution in [0.25, 0.3) is 0 Å². The van der Waals surface area contributed by atoms with Crippen LogP contribution >= 0.6 is 0 Å². The van der Waals surface area contributed by atoms with E-state index in [0.717, 1.165) is 23.3 Å². The third kappa shape index (κ3) is 5.66. The summed E-state index contributed by atoms with van der Waals surface area (Å²) >= 11 is 0. The lowest BCUT2D eigenvalue weighted by molar-refractivity contribution is -0.137. The minimum absolute atomic E-state index is 0.0252. The molecule has 0 aliphatic heterocycles. The fourth-order valence-electron chi connectivity index (χ4n) is 2.61. The Morgan fingerprint density at radius 1 is 0.833 bits per heavy atom. The monoisotopic (exact) mass is 412 g/mol. The zero-order valence-corrected chi connectivity index (χ0v) is 16.3. The standard InChI is InChI=1S/C22H19F3N4O/c1-14-6-9-17(10-7-14)28-29-20-12-15(2)8-11-19(20)27-21(30)26-18-5-3-4-16(13-18)22(23,24)25/h3-13H,1-2H3,(H2,26,27,30). The van der Waals surface area contributed by atoms with Crippen LogP contribution in [0, 0.1) is 13.8 Å². The van der Waals surface area contributed by atoms with Crippen LogP contribution in [0.1, 0.15) is 16.7 Å². The molecule has 8 heteroatoms. The Kier molecular flexibility index (Phi) is 6.15. The molecular weight excluding hydrogens is 393 g/mol. The highest BCUT2D eigenvalue weighted by atomic mass is 19.4. The van der Waals surface area contributed by atoms with Gasteiger partial charge in [0.05, 0.1) is 16.9 Å². The number of rotatable bonds is 4. The van der Waals surface area contributed by atoms with E-state index in [0.29, 0.717) is 17.1 Å². The minimum Gasteiger partial charge on any atom is -0.308 e. The second-order valence-corrected chi connectivity index (χ2v) is 6.71. The van der Waals surface area contributed by atoms with E-state index >= 15 is 0 Å². The second kappa shape index (κ2) is 8.77. The molecule has 0 fully saturated rings. The van der Waals surface area contributed by atoms with Crippen molar-refractivity contribution in [2.45, 2.75) is 20.0 Å². The van der Waals surface area contributed by atoms with Crippen molar-refractivity contribution in [2.75, 3.05) is 10.6 Å². The average Bonchev–Trinajstić information content (AvgIpc) is 2.69. The van der Waals surface area contributed by atoms with Gasteiger partial charge < -0.3 is 10.6 Å². The van der Waals surface area contributed by atoms with Crippen LogP contribution in [0.15, 0.2) is 77.0 Å². The van der Waals surface area contributed by atoms with E-state index in [1.54, 1.807) is 18.2 Å². The first-order valence-corrected chi connectivity index (χ1v) is 9.05. The number of urea groups is 1. The molecule has 0 bridgehead atoms. The molecule has 0 atom stereocenters. The quantitative estimate of drug-likeness (QED) is 0.431. The van der Waals surface area contributed by atoms with Crippen LogP contribution in [-0.2, 0) is 6.18 Å². The number of halogens is 3. The molecule has 0 aliphatic carbocycles. The molecule has 3 rings (SSSR count). The number of nitrogens with zero attached hydrogens (tertiary/aromatic N) is 2. The Morgan fingerprint density at radius 3 is 2.23 bits per heavy atom. The SMILES string of the molecule is Cc1ccc(N=Nc2cc(C)ccc2NC(=O)Nc2cccc(C(F)(F)F)c2)cc1. The summed E-state index contributed by atoms with van der Waals surface area (Å²) in [6, 6.07) is 16.4. The van der Waals surface area contributed by atoms with Gasteiger partial charge in [0, 0.05) is 5.69 Å². The number of benzene rings is 3. The summed E-state index contributed by atoms with van der Waals surface area (Å²) in [5.74, 6) is 0. The average molecular weight is 412 g/mol. The van der Waals surface area contributed by atoms with Gasteiger partial charge >= 0.3 is 12.2 Å². The number of alkyl halides is 3. The summed E-state index contributed by atoms with van der Waals surface area (Å²) in [5.41, 5.74) is 2.65. The fraction of sp³-hybridized carbons (Fsp3) is 0.136. The first-order chi connectivity index (χ1) is 14.2. The molecule has 2 N–H and O–H groups in total. The molecule has 0 heterocycles. The molecule has 30 heavy (non-hydrogen) atoms. The molecule has 0 unspecified atom stereocenters. The molecular formula is C22H19F3N4O. The largest absolute Gasteiger partial charge is 0.416 e. The summed E-state index contributed by atoms with van der Waals surface area (Å²) < 4.78 is 38.5. The van der Waals surface area contributed by atoms with E-state index < -0.39 is 17.8 Å².